The van der Waals surface area contributed by atoms with Crippen LogP contribution >= 0.6 is 0 Å². The number of Topliss-reactive ketones (excluding diaryl/α,β-unsaturated/α-hetero) is 1. The summed E-state index contributed by atoms with van der Waals surface area (Å²) in [6.07, 6.45) is 3.12. The van der Waals surface area contributed by atoms with Crippen LogP contribution < -0.4 is 5.32 Å². The van der Waals surface area contributed by atoms with Gasteiger partial charge in [-0.1, -0.05) is 0 Å². The molecule has 1 aliphatic heterocycles. The lowest BCUT2D eigenvalue weighted by atomic mass is 9.96. The Balaban J connectivity index is 2.03. The second kappa shape index (κ2) is 4.33. The van der Waals surface area contributed by atoms with E-state index in [0.717, 1.165) is 29.8 Å². The van der Waals surface area contributed by atoms with Crippen molar-refractivity contribution < 1.29 is 14.4 Å². The first kappa shape index (κ1) is 12.1. The molecule has 1 N–H and O–H groups in total. The molecule has 19 heavy (non-hydrogen) atoms. The molecule has 5 heteroatoms. The quantitative estimate of drug-likeness (QED) is 0.774. The minimum Gasteiger partial charge on any atom is -0.336 e. The van der Waals surface area contributed by atoms with Gasteiger partial charge in [-0.15, -0.1) is 0 Å². The third-order valence-electron chi connectivity index (χ3n) is 3.97. The fourth-order valence-corrected chi connectivity index (χ4v) is 3.11. The number of nitrogens with one attached hydrogen (secondary N) is 1. The topological polar surface area (TPSA) is 68.2 Å². The standard InChI is InChI=1S/C14H16N2O3/c1-8-7-9-10(3-2-4-12(9)17)16(8)11-5-6-13(18)15-14(11)19/h7,11H,2-6H2,1H3,(H,15,18,19). The van der Waals surface area contributed by atoms with Crippen molar-refractivity contribution in [2.24, 2.45) is 0 Å². The molecule has 1 saturated heterocycles. The molecule has 1 fully saturated rings. The number of imide groups is 1. The zero-order chi connectivity index (χ0) is 13.6. The van der Waals surface area contributed by atoms with E-state index in [1.54, 1.807) is 0 Å². The summed E-state index contributed by atoms with van der Waals surface area (Å²) in [6, 6.07) is 1.52. The van der Waals surface area contributed by atoms with Gasteiger partial charge in [0.15, 0.2) is 5.78 Å². The van der Waals surface area contributed by atoms with Gasteiger partial charge in [-0.3, -0.25) is 19.7 Å². The summed E-state index contributed by atoms with van der Waals surface area (Å²) in [5.74, 6) is -0.304. The molecule has 2 heterocycles. The second-order valence-electron chi connectivity index (χ2n) is 5.26. The van der Waals surface area contributed by atoms with Crippen molar-refractivity contribution in [2.45, 2.75) is 45.1 Å². The summed E-state index contributed by atoms with van der Waals surface area (Å²) in [5, 5.41) is 2.38. The van der Waals surface area contributed by atoms with Crippen molar-refractivity contribution >= 4 is 17.6 Å². The molecule has 0 aromatic carbocycles. The molecule has 5 nitrogen and oxygen atoms in total. The van der Waals surface area contributed by atoms with Crippen LogP contribution in [-0.4, -0.2) is 22.2 Å². The Morgan fingerprint density at radius 1 is 1.21 bits per heavy atom. The number of fused-ring (bicyclic) bond motifs is 1. The number of ketones is 1. The summed E-state index contributed by atoms with van der Waals surface area (Å²) < 4.78 is 1.95. The van der Waals surface area contributed by atoms with Crippen LogP contribution in [0.15, 0.2) is 6.07 Å². The van der Waals surface area contributed by atoms with E-state index in [-0.39, 0.29) is 23.6 Å². The predicted molar refractivity (Wildman–Crippen MR) is 67.9 cm³/mol. The highest BCUT2D eigenvalue weighted by atomic mass is 16.2. The van der Waals surface area contributed by atoms with E-state index in [1.807, 2.05) is 17.6 Å². The van der Waals surface area contributed by atoms with Crippen LogP contribution in [0.5, 0.6) is 0 Å². The predicted octanol–water partition coefficient (Wildman–Crippen LogP) is 1.29. The van der Waals surface area contributed by atoms with Gasteiger partial charge in [0, 0.05) is 29.8 Å². The van der Waals surface area contributed by atoms with E-state index in [1.165, 1.54) is 0 Å². The van der Waals surface area contributed by atoms with E-state index in [0.29, 0.717) is 19.3 Å². The lowest BCUT2D eigenvalue weighted by Crippen LogP contribution is -2.42. The van der Waals surface area contributed by atoms with E-state index >= 15 is 0 Å². The average Bonchev–Trinajstić information content (AvgIpc) is 2.68. The first-order valence-corrected chi connectivity index (χ1v) is 6.65. The SMILES string of the molecule is Cc1cc2c(n1C1CCC(=O)NC1=O)CCCC2=O. The van der Waals surface area contributed by atoms with Crippen molar-refractivity contribution in [3.63, 3.8) is 0 Å². The number of nitrogens with zero attached hydrogens (tertiary/aromatic N) is 1. The summed E-state index contributed by atoms with van der Waals surface area (Å²) in [7, 11) is 0. The minimum absolute atomic E-state index is 0.162. The molecular weight excluding hydrogens is 244 g/mol. The number of aromatic nitrogens is 1. The van der Waals surface area contributed by atoms with Gasteiger partial charge in [0.05, 0.1) is 0 Å². The molecule has 1 aromatic heterocycles. The summed E-state index contributed by atoms with van der Waals surface area (Å²) in [5.41, 5.74) is 2.64. The molecule has 2 aliphatic rings. The largest absolute Gasteiger partial charge is 0.336 e. The third kappa shape index (κ3) is 1.89. The average molecular weight is 260 g/mol. The molecule has 2 amide bonds. The van der Waals surface area contributed by atoms with E-state index < -0.39 is 0 Å². The number of carbonyl (C=O) groups excluding carboxylic acids is 3. The zero-order valence-corrected chi connectivity index (χ0v) is 10.9. The first-order chi connectivity index (χ1) is 9.08. The van der Waals surface area contributed by atoms with Gasteiger partial charge in [-0.25, -0.2) is 0 Å². The monoisotopic (exact) mass is 260 g/mol. The van der Waals surface area contributed by atoms with Crippen LogP contribution in [0.1, 0.15) is 53.5 Å². The summed E-state index contributed by atoms with van der Waals surface area (Å²) in [6.45, 7) is 1.91. The second-order valence-corrected chi connectivity index (χ2v) is 5.26. The van der Waals surface area contributed by atoms with Crippen molar-refractivity contribution in [3.05, 3.63) is 23.0 Å². The van der Waals surface area contributed by atoms with Gasteiger partial charge in [0.2, 0.25) is 11.8 Å². The normalized spacial score (nSPS) is 23.2. The summed E-state index contributed by atoms with van der Waals surface area (Å²) >= 11 is 0. The number of hydrogen-bond acceptors (Lipinski definition) is 3. The molecule has 0 saturated carbocycles. The molecule has 1 aromatic rings. The maximum absolute atomic E-state index is 12.0. The van der Waals surface area contributed by atoms with Gasteiger partial charge in [-0.05, 0) is 32.3 Å². The Bertz CT molecular complexity index is 586. The fourth-order valence-electron chi connectivity index (χ4n) is 3.11. The highest BCUT2D eigenvalue weighted by molar-refractivity contribution is 6.01. The number of piperidine rings is 1. The van der Waals surface area contributed by atoms with Crippen LogP contribution in [0.25, 0.3) is 0 Å². The van der Waals surface area contributed by atoms with Gasteiger partial charge < -0.3 is 4.57 Å². The Morgan fingerprint density at radius 2 is 2.00 bits per heavy atom. The van der Waals surface area contributed by atoms with Crippen LogP contribution in [0.2, 0.25) is 0 Å². The van der Waals surface area contributed by atoms with Crippen molar-refractivity contribution in [2.75, 3.05) is 0 Å². The van der Waals surface area contributed by atoms with Crippen LogP contribution in [0.3, 0.4) is 0 Å². The number of aryl methyl sites for hydroxylation is 1. The van der Waals surface area contributed by atoms with Crippen LogP contribution in [0.4, 0.5) is 0 Å². The molecule has 1 unspecified atom stereocenters. The fraction of sp³-hybridized carbons (Fsp3) is 0.500. The highest BCUT2D eigenvalue weighted by Gasteiger charge is 2.32. The van der Waals surface area contributed by atoms with Gasteiger partial charge in [-0.2, -0.15) is 0 Å². The lowest BCUT2D eigenvalue weighted by molar-refractivity contribution is -0.135. The number of hydrogen-bond donors (Lipinski definition) is 1. The van der Waals surface area contributed by atoms with E-state index in [4.69, 9.17) is 0 Å². The Morgan fingerprint density at radius 3 is 2.74 bits per heavy atom. The maximum Gasteiger partial charge on any atom is 0.249 e. The Labute approximate surface area is 111 Å². The molecule has 1 aliphatic carbocycles. The van der Waals surface area contributed by atoms with Crippen LogP contribution in [-0.2, 0) is 16.0 Å². The van der Waals surface area contributed by atoms with Gasteiger partial charge in [0.1, 0.15) is 6.04 Å². The van der Waals surface area contributed by atoms with E-state index in [2.05, 4.69) is 5.32 Å². The van der Waals surface area contributed by atoms with Crippen LogP contribution in [0, 0.1) is 6.92 Å². The third-order valence-corrected chi connectivity index (χ3v) is 3.97. The smallest absolute Gasteiger partial charge is 0.249 e. The minimum atomic E-state index is -0.354. The molecule has 0 spiro atoms. The van der Waals surface area contributed by atoms with Gasteiger partial charge >= 0.3 is 0 Å². The molecule has 0 radical (unpaired) electrons. The van der Waals surface area contributed by atoms with Crippen molar-refractivity contribution in [1.82, 2.24) is 9.88 Å². The molecule has 3 rings (SSSR count). The maximum atomic E-state index is 12.0. The van der Waals surface area contributed by atoms with Crippen molar-refractivity contribution in [1.29, 1.82) is 0 Å². The molecular formula is C14H16N2O3. The van der Waals surface area contributed by atoms with Crippen molar-refractivity contribution in [3.8, 4) is 0 Å². The summed E-state index contributed by atoms with van der Waals surface area (Å²) in [4.78, 5) is 35.1. The number of amides is 2. The molecule has 0 bridgehead atoms. The number of rotatable bonds is 1. The Kier molecular flexibility index (Phi) is 2.77. The lowest BCUT2D eigenvalue weighted by Gasteiger charge is -2.26. The highest BCUT2D eigenvalue weighted by Crippen LogP contribution is 2.30. The number of carbonyl (C=O) groups is 3. The zero-order valence-electron chi connectivity index (χ0n) is 10.9. The molecule has 100 valence electrons. The van der Waals surface area contributed by atoms with E-state index in [9.17, 15) is 14.4 Å². The Hall–Kier alpha value is -1.91. The van der Waals surface area contributed by atoms with Gasteiger partial charge in [0.25, 0.3) is 0 Å². The molecule has 1 atom stereocenters. The first-order valence-electron chi connectivity index (χ1n) is 6.65.